The highest BCUT2D eigenvalue weighted by atomic mass is 16.5. The zero-order valence-corrected chi connectivity index (χ0v) is 17.5. The topological polar surface area (TPSA) is 58.9 Å². The second kappa shape index (κ2) is 11.1. The van der Waals surface area contributed by atoms with Crippen molar-refractivity contribution in [2.24, 2.45) is 0 Å². The van der Waals surface area contributed by atoms with Crippen LogP contribution in [0.4, 0.5) is 0 Å². The van der Waals surface area contributed by atoms with Gasteiger partial charge in [-0.05, 0) is 97.3 Å². The molecule has 0 aliphatic carbocycles. The number of rotatable bonds is 11. The largest absolute Gasteiger partial charge is 0.508 e. The zero-order valence-electron chi connectivity index (χ0n) is 17.5. The van der Waals surface area contributed by atoms with Crippen LogP contribution in [0.3, 0.4) is 0 Å². The van der Waals surface area contributed by atoms with Gasteiger partial charge in [0.15, 0.2) is 0 Å². The van der Waals surface area contributed by atoms with E-state index in [2.05, 4.69) is 12.1 Å². The van der Waals surface area contributed by atoms with Crippen LogP contribution in [-0.4, -0.2) is 23.4 Å². The Labute approximate surface area is 178 Å². The molecule has 2 N–H and O–H groups in total. The molecule has 0 saturated heterocycles. The summed E-state index contributed by atoms with van der Waals surface area (Å²) in [7, 11) is 0. The average molecular weight is 407 g/mol. The van der Waals surface area contributed by atoms with Crippen molar-refractivity contribution in [3.63, 3.8) is 0 Å². The molecule has 0 atom stereocenters. The van der Waals surface area contributed by atoms with E-state index in [1.54, 1.807) is 30.3 Å². The smallest absolute Gasteiger partial charge is 0.119 e. The van der Waals surface area contributed by atoms with Gasteiger partial charge < -0.3 is 19.7 Å². The van der Waals surface area contributed by atoms with Crippen LogP contribution in [0.5, 0.6) is 23.0 Å². The van der Waals surface area contributed by atoms with Crippen LogP contribution in [0.2, 0.25) is 0 Å². The zero-order chi connectivity index (χ0) is 21.2. The minimum Gasteiger partial charge on any atom is -0.508 e. The average Bonchev–Trinajstić information content (AvgIpc) is 2.77. The van der Waals surface area contributed by atoms with Gasteiger partial charge in [-0.25, -0.2) is 0 Å². The first-order valence-electron chi connectivity index (χ1n) is 10.6. The van der Waals surface area contributed by atoms with Crippen molar-refractivity contribution in [1.82, 2.24) is 0 Å². The van der Waals surface area contributed by atoms with Crippen LogP contribution in [0, 0.1) is 0 Å². The third-order valence-electron chi connectivity index (χ3n) is 5.06. The minimum absolute atomic E-state index is 0.253. The van der Waals surface area contributed by atoms with Crippen molar-refractivity contribution >= 4 is 0 Å². The lowest BCUT2D eigenvalue weighted by Crippen LogP contribution is -1.99. The molecule has 3 rings (SSSR count). The Bertz CT molecular complexity index is 901. The van der Waals surface area contributed by atoms with Crippen LogP contribution in [0.1, 0.15) is 38.2 Å². The van der Waals surface area contributed by atoms with Crippen LogP contribution < -0.4 is 9.47 Å². The highest BCUT2D eigenvalue weighted by Gasteiger charge is 2.04. The van der Waals surface area contributed by atoms with Gasteiger partial charge in [0.1, 0.15) is 23.0 Å². The molecule has 0 heterocycles. The Morgan fingerprint density at radius 3 is 1.73 bits per heavy atom. The molecule has 0 unspecified atom stereocenters. The SMILES string of the molecule is CCc1cc(-c2ccc(OCCCCCCOc3ccc(O)cc3)cc2)ccc1O. The molecule has 0 aliphatic rings. The van der Waals surface area contributed by atoms with Crippen LogP contribution in [0.25, 0.3) is 11.1 Å². The summed E-state index contributed by atoms with van der Waals surface area (Å²) in [5.41, 5.74) is 3.18. The molecule has 0 radical (unpaired) electrons. The second-order valence-corrected chi connectivity index (χ2v) is 7.33. The summed E-state index contributed by atoms with van der Waals surface area (Å²) in [5, 5.41) is 19.1. The summed E-state index contributed by atoms with van der Waals surface area (Å²) in [4.78, 5) is 0. The van der Waals surface area contributed by atoms with E-state index < -0.39 is 0 Å². The summed E-state index contributed by atoms with van der Waals surface area (Å²) in [6.07, 6.45) is 5.02. The predicted molar refractivity (Wildman–Crippen MR) is 120 cm³/mol. The van der Waals surface area contributed by atoms with Gasteiger partial charge in [0, 0.05) is 0 Å². The fourth-order valence-electron chi connectivity index (χ4n) is 3.27. The molecule has 4 nitrogen and oxygen atoms in total. The molecule has 0 aromatic heterocycles. The van der Waals surface area contributed by atoms with Crippen LogP contribution >= 0.6 is 0 Å². The molecule has 4 heteroatoms. The second-order valence-electron chi connectivity index (χ2n) is 7.33. The fraction of sp³-hybridized carbons (Fsp3) is 0.308. The number of aryl methyl sites for hydroxylation is 1. The lowest BCUT2D eigenvalue weighted by atomic mass is 10.0. The van der Waals surface area contributed by atoms with Gasteiger partial charge >= 0.3 is 0 Å². The maximum atomic E-state index is 9.84. The first-order chi connectivity index (χ1) is 14.7. The molecular weight excluding hydrogens is 376 g/mol. The summed E-state index contributed by atoms with van der Waals surface area (Å²) < 4.78 is 11.5. The quantitative estimate of drug-likeness (QED) is 0.365. The number of unbranched alkanes of at least 4 members (excludes halogenated alkanes) is 3. The van der Waals surface area contributed by atoms with Crippen molar-refractivity contribution in [3.8, 4) is 34.1 Å². The summed E-state index contributed by atoms with van der Waals surface area (Å²) in [6, 6.07) is 20.7. The first-order valence-corrected chi connectivity index (χ1v) is 10.6. The van der Waals surface area contributed by atoms with E-state index in [4.69, 9.17) is 9.47 Å². The molecule has 0 fully saturated rings. The van der Waals surface area contributed by atoms with E-state index in [1.165, 1.54) is 0 Å². The molecule has 0 bridgehead atoms. The Morgan fingerprint density at radius 1 is 0.633 bits per heavy atom. The Kier molecular flexibility index (Phi) is 8.02. The predicted octanol–water partition coefficient (Wildman–Crippen LogP) is 6.35. The van der Waals surface area contributed by atoms with Gasteiger partial charge in [0.25, 0.3) is 0 Å². The van der Waals surface area contributed by atoms with E-state index >= 15 is 0 Å². The molecular formula is C26H30O4. The minimum atomic E-state index is 0.253. The van der Waals surface area contributed by atoms with E-state index in [0.29, 0.717) is 19.0 Å². The first kappa shape index (κ1) is 21.6. The van der Waals surface area contributed by atoms with Crippen molar-refractivity contribution in [2.45, 2.75) is 39.0 Å². The number of phenols is 2. The molecule has 3 aromatic rings. The summed E-state index contributed by atoms with van der Waals surface area (Å²) in [6.45, 7) is 3.43. The van der Waals surface area contributed by atoms with E-state index in [0.717, 1.165) is 60.3 Å². The number of phenolic OH excluding ortho intramolecular Hbond substituents is 2. The number of benzene rings is 3. The van der Waals surface area contributed by atoms with Crippen molar-refractivity contribution in [2.75, 3.05) is 13.2 Å². The van der Waals surface area contributed by atoms with Crippen LogP contribution in [-0.2, 0) is 6.42 Å². The summed E-state index contributed by atoms with van der Waals surface area (Å²) >= 11 is 0. The normalized spacial score (nSPS) is 10.7. The van der Waals surface area contributed by atoms with E-state index in [-0.39, 0.29) is 5.75 Å². The molecule has 30 heavy (non-hydrogen) atoms. The van der Waals surface area contributed by atoms with Gasteiger partial charge in [-0.3, -0.25) is 0 Å². The Hall–Kier alpha value is -3.14. The summed E-state index contributed by atoms with van der Waals surface area (Å²) in [5.74, 6) is 2.28. The number of hydrogen-bond acceptors (Lipinski definition) is 4. The lowest BCUT2D eigenvalue weighted by molar-refractivity contribution is 0.287. The lowest BCUT2D eigenvalue weighted by Gasteiger charge is -2.09. The number of hydrogen-bond donors (Lipinski definition) is 2. The van der Waals surface area contributed by atoms with Gasteiger partial charge in [-0.2, -0.15) is 0 Å². The van der Waals surface area contributed by atoms with Gasteiger partial charge in [-0.15, -0.1) is 0 Å². The number of aromatic hydroxyl groups is 2. The maximum absolute atomic E-state index is 9.84. The molecule has 0 aliphatic heterocycles. The third-order valence-corrected chi connectivity index (χ3v) is 5.06. The van der Waals surface area contributed by atoms with Gasteiger partial charge in [0.2, 0.25) is 0 Å². The van der Waals surface area contributed by atoms with Gasteiger partial charge in [0.05, 0.1) is 13.2 Å². The van der Waals surface area contributed by atoms with Crippen LogP contribution in [0.15, 0.2) is 66.7 Å². The molecule has 158 valence electrons. The third kappa shape index (κ3) is 6.45. The van der Waals surface area contributed by atoms with Crippen molar-refractivity contribution in [1.29, 1.82) is 0 Å². The van der Waals surface area contributed by atoms with Gasteiger partial charge in [-0.1, -0.05) is 25.1 Å². The van der Waals surface area contributed by atoms with Crippen molar-refractivity contribution in [3.05, 3.63) is 72.3 Å². The fourth-order valence-corrected chi connectivity index (χ4v) is 3.27. The monoisotopic (exact) mass is 406 g/mol. The highest BCUT2D eigenvalue weighted by Crippen LogP contribution is 2.27. The number of ether oxygens (including phenoxy) is 2. The molecule has 3 aromatic carbocycles. The molecule has 0 saturated carbocycles. The highest BCUT2D eigenvalue weighted by molar-refractivity contribution is 5.66. The van der Waals surface area contributed by atoms with E-state index in [1.807, 2.05) is 31.2 Å². The molecule has 0 spiro atoms. The van der Waals surface area contributed by atoms with E-state index in [9.17, 15) is 10.2 Å². The Balaban J connectivity index is 1.32. The maximum Gasteiger partial charge on any atom is 0.119 e. The Morgan fingerprint density at radius 2 is 1.17 bits per heavy atom. The van der Waals surface area contributed by atoms with Crippen molar-refractivity contribution < 1.29 is 19.7 Å². The molecule has 0 amide bonds. The standard InChI is InChI=1S/C26H30O4/c1-2-20-19-22(9-16-26(20)28)21-7-12-24(13-8-21)29-17-5-3-4-6-18-30-25-14-10-23(27)11-15-25/h7-16,19,27-28H,2-6,17-18H2,1H3.